The highest BCUT2D eigenvalue weighted by atomic mass is 32.1. The molecule has 1 unspecified atom stereocenters. The van der Waals surface area contributed by atoms with Crippen LogP contribution in [0.4, 0.5) is 5.69 Å². The molecule has 0 aliphatic rings. The van der Waals surface area contributed by atoms with Crippen LogP contribution in [0.2, 0.25) is 0 Å². The lowest BCUT2D eigenvalue weighted by atomic mass is 10.1. The number of hydrogen-bond acceptors (Lipinski definition) is 4. The number of carbonyl (C=O) groups is 1. The van der Waals surface area contributed by atoms with Crippen LogP contribution in [0.5, 0.6) is 0 Å². The molecule has 5 nitrogen and oxygen atoms in total. The zero-order valence-electron chi connectivity index (χ0n) is 17.4. The van der Waals surface area contributed by atoms with E-state index in [1.165, 1.54) is 15.9 Å². The van der Waals surface area contributed by atoms with Crippen molar-refractivity contribution in [3.8, 4) is 10.4 Å². The van der Waals surface area contributed by atoms with Crippen LogP contribution >= 0.6 is 11.3 Å². The van der Waals surface area contributed by atoms with E-state index in [0.29, 0.717) is 16.0 Å². The van der Waals surface area contributed by atoms with E-state index < -0.39 is 6.04 Å². The van der Waals surface area contributed by atoms with Crippen LogP contribution in [0.15, 0.2) is 59.4 Å². The van der Waals surface area contributed by atoms with Gasteiger partial charge in [-0.25, -0.2) is 4.98 Å². The number of aromatic nitrogens is 2. The molecule has 2 aromatic carbocycles. The number of amides is 1. The molecule has 0 radical (unpaired) electrons. The molecule has 0 aliphatic heterocycles. The van der Waals surface area contributed by atoms with Gasteiger partial charge < -0.3 is 5.32 Å². The summed E-state index contributed by atoms with van der Waals surface area (Å²) in [5.41, 5.74) is 3.65. The molecule has 0 spiro atoms. The standard InChI is InChI=1S/C24H23N3O2S/c1-14-10-11-15(2)20(12-14)26-22(28)16(3)27-17(4)25-23-19(24(27)29)13-21(30-23)18-8-6-5-7-9-18/h5-13,16H,1-4H3,(H,26,28). The minimum absolute atomic E-state index is 0.195. The van der Waals surface area contributed by atoms with Crippen molar-refractivity contribution < 1.29 is 4.79 Å². The molecule has 4 rings (SSSR count). The van der Waals surface area contributed by atoms with Crippen LogP contribution in [-0.4, -0.2) is 15.5 Å². The van der Waals surface area contributed by atoms with Crippen molar-refractivity contribution in [2.24, 2.45) is 0 Å². The Hall–Kier alpha value is -3.25. The summed E-state index contributed by atoms with van der Waals surface area (Å²) in [7, 11) is 0. The van der Waals surface area contributed by atoms with Gasteiger partial charge in [-0.3, -0.25) is 14.2 Å². The van der Waals surface area contributed by atoms with Crippen LogP contribution in [0.25, 0.3) is 20.7 Å². The number of nitrogens with zero attached hydrogens (tertiary/aromatic N) is 2. The third kappa shape index (κ3) is 3.66. The second-order valence-electron chi connectivity index (χ2n) is 7.51. The van der Waals surface area contributed by atoms with E-state index in [1.807, 2.05) is 68.4 Å². The fraction of sp³-hybridized carbons (Fsp3) is 0.208. The van der Waals surface area contributed by atoms with E-state index >= 15 is 0 Å². The summed E-state index contributed by atoms with van der Waals surface area (Å²) < 4.78 is 1.48. The maximum atomic E-state index is 13.3. The molecule has 1 amide bonds. The van der Waals surface area contributed by atoms with Crippen LogP contribution in [0.1, 0.15) is 29.9 Å². The topological polar surface area (TPSA) is 64.0 Å². The average molecular weight is 418 g/mol. The van der Waals surface area contributed by atoms with Crippen LogP contribution < -0.4 is 10.9 Å². The second kappa shape index (κ2) is 7.88. The molecular formula is C24H23N3O2S. The normalized spacial score (nSPS) is 12.1. The van der Waals surface area contributed by atoms with E-state index in [1.54, 1.807) is 13.8 Å². The molecule has 2 aromatic heterocycles. The fourth-order valence-corrected chi connectivity index (χ4v) is 4.59. The minimum Gasteiger partial charge on any atom is -0.324 e. The summed E-state index contributed by atoms with van der Waals surface area (Å²) in [6, 6.07) is 17.0. The number of nitrogens with one attached hydrogen (secondary N) is 1. The molecule has 1 N–H and O–H groups in total. The molecule has 6 heteroatoms. The first-order valence-electron chi connectivity index (χ1n) is 9.81. The zero-order chi connectivity index (χ0) is 21.4. The third-order valence-electron chi connectivity index (χ3n) is 5.25. The first kappa shape index (κ1) is 20.0. The first-order chi connectivity index (χ1) is 14.3. The molecule has 0 aliphatic carbocycles. The van der Waals surface area contributed by atoms with Crippen molar-refractivity contribution >= 4 is 33.1 Å². The van der Waals surface area contributed by atoms with Crippen molar-refractivity contribution in [3.63, 3.8) is 0 Å². The Morgan fingerprint density at radius 3 is 2.53 bits per heavy atom. The van der Waals surface area contributed by atoms with Crippen molar-refractivity contribution in [1.29, 1.82) is 0 Å². The highest BCUT2D eigenvalue weighted by Gasteiger charge is 2.22. The number of hydrogen-bond donors (Lipinski definition) is 1. The Morgan fingerprint density at radius 1 is 1.07 bits per heavy atom. The number of anilines is 1. The van der Waals surface area contributed by atoms with Gasteiger partial charge in [-0.1, -0.05) is 42.5 Å². The fourth-order valence-electron chi connectivity index (χ4n) is 3.52. The van der Waals surface area contributed by atoms with Gasteiger partial charge in [0.15, 0.2) is 0 Å². The van der Waals surface area contributed by atoms with Gasteiger partial charge in [0.2, 0.25) is 5.91 Å². The highest BCUT2D eigenvalue weighted by molar-refractivity contribution is 7.21. The van der Waals surface area contributed by atoms with Crippen molar-refractivity contribution in [2.75, 3.05) is 5.32 Å². The van der Waals surface area contributed by atoms with Gasteiger partial charge in [-0.05, 0) is 56.5 Å². The molecule has 152 valence electrons. The number of fused-ring (bicyclic) bond motifs is 1. The van der Waals surface area contributed by atoms with E-state index in [2.05, 4.69) is 10.3 Å². The second-order valence-corrected chi connectivity index (χ2v) is 8.54. The lowest BCUT2D eigenvalue weighted by molar-refractivity contribution is -0.118. The summed E-state index contributed by atoms with van der Waals surface area (Å²) in [6.07, 6.45) is 0. The summed E-state index contributed by atoms with van der Waals surface area (Å²) in [5.74, 6) is 0.283. The van der Waals surface area contributed by atoms with E-state index in [0.717, 1.165) is 27.3 Å². The number of carbonyl (C=O) groups excluding carboxylic acids is 1. The maximum absolute atomic E-state index is 13.3. The molecule has 0 fully saturated rings. The van der Waals surface area contributed by atoms with Crippen molar-refractivity contribution in [2.45, 2.75) is 33.7 Å². The Kier molecular flexibility index (Phi) is 5.26. The first-order valence-corrected chi connectivity index (χ1v) is 10.6. The van der Waals surface area contributed by atoms with E-state index in [-0.39, 0.29) is 11.5 Å². The molecule has 1 atom stereocenters. The van der Waals surface area contributed by atoms with Gasteiger partial charge >= 0.3 is 0 Å². The van der Waals surface area contributed by atoms with Crippen LogP contribution in [0.3, 0.4) is 0 Å². The Labute approximate surface area is 179 Å². The Bertz CT molecular complexity index is 1310. The highest BCUT2D eigenvalue weighted by Crippen LogP contribution is 2.31. The number of aryl methyl sites for hydroxylation is 3. The van der Waals surface area contributed by atoms with Gasteiger partial charge in [0.25, 0.3) is 5.56 Å². The summed E-state index contributed by atoms with van der Waals surface area (Å²) in [6.45, 7) is 7.42. The summed E-state index contributed by atoms with van der Waals surface area (Å²) in [4.78, 5) is 32.5. The molecule has 0 bridgehead atoms. The Balaban J connectivity index is 1.72. The monoisotopic (exact) mass is 417 g/mol. The number of benzene rings is 2. The molecule has 30 heavy (non-hydrogen) atoms. The predicted octanol–water partition coefficient (Wildman–Crippen LogP) is 5.25. The lowest BCUT2D eigenvalue weighted by Gasteiger charge is -2.18. The third-order valence-corrected chi connectivity index (χ3v) is 6.33. The largest absolute Gasteiger partial charge is 0.324 e. The number of thiophene rings is 1. The SMILES string of the molecule is Cc1ccc(C)c(NC(=O)C(C)n2c(C)nc3sc(-c4ccccc4)cc3c2=O)c1. The van der Waals surface area contributed by atoms with Gasteiger partial charge in [-0.2, -0.15) is 0 Å². The van der Waals surface area contributed by atoms with Gasteiger partial charge in [0.05, 0.1) is 5.39 Å². The molecule has 0 saturated carbocycles. The number of rotatable bonds is 4. The van der Waals surface area contributed by atoms with Crippen molar-refractivity contribution in [1.82, 2.24) is 9.55 Å². The molecule has 4 aromatic rings. The quantitative estimate of drug-likeness (QED) is 0.493. The minimum atomic E-state index is -0.686. The predicted molar refractivity (Wildman–Crippen MR) is 123 cm³/mol. The Morgan fingerprint density at radius 2 is 1.80 bits per heavy atom. The summed E-state index contributed by atoms with van der Waals surface area (Å²) in [5, 5.41) is 3.50. The van der Waals surface area contributed by atoms with Gasteiger partial charge in [0.1, 0.15) is 16.7 Å². The van der Waals surface area contributed by atoms with Crippen molar-refractivity contribution in [3.05, 3.63) is 81.9 Å². The average Bonchev–Trinajstić information content (AvgIpc) is 3.15. The van der Waals surface area contributed by atoms with E-state index in [9.17, 15) is 9.59 Å². The molecule has 2 heterocycles. The van der Waals surface area contributed by atoms with E-state index in [4.69, 9.17) is 0 Å². The van der Waals surface area contributed by atoms with Crippen LogP contribution in [-0.2, 0) is 4.79 Å². The zero-order valence-corrected chi connectivity index (χ0v) is 18.2. The molecule has 0 saturated heterocycles. The van der Waals surface area contributed by atoms with Gasteiger partial charge in [0, 0.05) is 10.6 Å². The maximum Gasteiger partial charge on any atom is 0.263 e. The smallest absolute Gasteiger partial charge is 0.263 e. The van der Waals surface area contributed by atoms with Crippen LogP contribution in [0, 0.1) is 20.8 Å². The molecular weight excluding hydrogens is 394 g/mol. The lowest BCUT2D eigenvalue weighted by Crippen LogP contribution is -2.33. The van der Waals surface area contributed by atoms with Gasteiger partial charge in [-0.15, -0.1) is 11.3 Å². The summed E-state index contributed by atoms with van der Waals surface area (Å²) >= 11 is 1.49.